The number of nitrogen functional groups attached to an aromatic ring is 2. The number of benzene rings is 1. The summed E-state index contributed by atoms with van der Waals surface area (Å²) in [7, 11) is 0. The molecule has 5 rings (SSSR count). The maximum Gasteiger partial charge on any atom is 0.215 e. The fraction of sp³-hybridized carbons (Fsp3) is 0.333. The second kappa shape index (κ2) is 9.25. The van der Waals surface area contributed by atoms with E-state index in [1.54, 1.807) is 6.07 Å². The van der Waals surface area contributed by atoms with E-state index >= 15 is 0 Å². The lowest BCUT2D eigenvalue weighted by Crippen LogP contribution is -2.45. The van der Waals surface area contributed by atoms with Crippen molar-refractivity contribution in [2.24, 2.45) is 11.1 Å². The Kier molecular flexibility index (Phi) is 6.29. The van der Waals surface area contributed by atoms with E-state index in [1.807, 2.05) is 17.0 Å². The minimum absolute atomic E-state index is 0.0414. The monoisotopic (exact) mass is 513 g/mol. The van der Waals surface area contributed by atoms with Crippen LogP contribution in [0.25, 0.3) is 0 Å². The molecule has 0 saturated carbocycles. The number of aromatic nitrogens is 3. The predicted octanol–water partition coefficient (Wildman–Crippen LogP) is 3.84. The lowest BCUT2D eigenvalue weighted by molar-refractivity contribution is 0.0953. The van der Waals surface area contributed by atoms with E-state index in [2.05, 4.69) is 27.1 Å². The van der Waals surface area contributed by atoms with Crippen molar-refractivity contribution in [3.8, 4) is 0 Å². The number of pyridine rings is 1. The number of anilines is 3. The molecule has 0 radical (unpaired) electrons. The van der Waals surface area contributed by atoms with Crippen LogP contribution in [0.3, 0.4) is 0 Å². The second-order valence-electron chi connectivity index (χ2n) is 8.96. The van der Waals surface area contributed by atoms with Crippen molar-refractivity contribution in [2.45, 2.75) is 35.2 Å². The Morgan fingerprint density at radius 3 is 2.63 bits per heavy atom. The Hall–Kier alpha value is -2.95. The van der Waals surface area contributed by atoms with Crippen molar-refractivity contribution in [3.05, 3.63) is 58.4 Å². The van der Waals surface area contributed by atoms with E-state index in [0.29, 0.717) is 23.8 Å². The highest BCUT2D eigenvalue weighted by molar-refractivity contribution is 7.99. The molecule has 1 fully saturated rings. The van der Waals surface area contributed by atoms with Crippen LogP contribution < -0.4 is 22.1 Å². The molecule has 0 unspecified atom stereocenters. The normalized spacial score (nSPS) is 18.6. The molecule has 0 amide bonds. The third kappa shape index (κ3) is 4.19. The Morgan fingerprint density at radius 2 is 1.91 bits per heavy atom. The van der Waals surface area contributed by atoms with Crippen LogP contribution in [0, 0.1) is 5.41 Å². The molecule has 35 heavy (non-hydrogen) atoms. The van der Waals surface area contributed by atoms with Gasteiger partial charge in [-0.1, -0.05) is 47.6 Å². The van der Waals surface area contributed by atoms with E-state index in [-0.39, 0.29) is 38.8 Å². The molecule has 0 bridgehead atoms. The number of carbonyl (C=O) groups excluding carboxylic acids is 1. The first kappa shape index (κ1) is 23.8. The van der Waals surface area contributed by atoms with Crippen LogP contribution in [-0.4, -0.2) is 40.5 Å². The topological polar surface area (TPSA) is 137 Å². The van der Waals surface area contributed by atoms with Crippen molar-refractivity contribution < 1.29 is 9.18 Å². The minimum atomic E-state index is -1.18. The van der Waals surface area contributed by atoms with Gasteiger partial charge in [-0.15, -0.1) is 0 Å². The summed E-state index contributed by atoms with van der Waals surface area (Å²) in [4.78, 5) is 27.9. The highest BCUT2D eigenvalue weighted by atomic mass is 35.5. The first-order valence-electron chi connectivity index (χ1n) is 11.3. The van der Waals surface area contributed by atoms with E-state index in [4.69, 9.17) is 28.8 Å². The summed E-state index contributed by atoms with van der Waals surface area (Å²) in [5.74, 6) is -0.166. The van der Waals surface area contributed by atoms with Gasteiger partial charge in [-0.25, -0.2) is 19.3 Å². The molecule has 2 aromatic heterocycles. The molecule has 1 aliphatic heterocycles. The number of fused-ring (bicyclic) bond motifs is 1. The molecule has 1 saturated heterocycles. The lowest BCUT2D eigenvalue weighted by atomic mass is 9.73. The molecule has 2 aliphatic rings. The summed E-state index contributed by atoms with van der Waals surface area (Å²) in [5.41, 5.74) is 21.1. The number of alkyl halides is 1. The van der Waals surface area contributed by atoms with Crippen LogP contribution in [0.5, 0.6) is 0 Å². The van der Waals surface area contributed by atoms with Crippen molar-refractivity contribution in [2.75, 3.05) is 36.1 Å². The summed E-state index contributed by atoms with van der Waals surface area (Å²) < 4.78 is 13.5. The molecule has 6 N–H and O–H groups in total. The number of halogens is 2. The zero-order chi connectivity index (χ0) is 24.7. The van der Waals surface area contributed by atoms with E-state index in [1.165, 1.54) is 17.3 Å². The predicted molar refractivity (Wildman–Crippen MR) is 135 cm³/mol. The van der Waals surface area contributed by atoms with Gasteiger partial charge in [0.05, 0.1) is 5.02 Å². The third-order valence-electron chi connectivity index (χ3n) is 6.99. The van der Waals surface area contributed by atoms with Gasteiger partial charge in [0.2, 0.25) is 5.78 Å². The SMILES string of the molecule is Nc1nc(N2CCC3(CC2)Cc2ccccc2[C@H]3N)c(C(=O)CF)nc1Sc1ccnc(N)c1Cl. The molecule has 1 aromatic carbocycles. The van der Waals surface area contributed by atoms with Crippen LogP contribution in [0.2, 0.25) is 5.02 Å². The van der Waals surface area contributed by atoms with Crippen LogP contribution >= 0.6 is 23.4 Å². The zero-order valence-electron chi connectivity index (χ0n) is 18.9. The van der Waals surface area contributed by atoms with Gasteiger partial charge in [-0.05, 0) is 41.9 Å². The van der Waals surface area contributed by atoms with Gasteiger partial charge >= 0.3 is 0 Å². The van der Waals surface area contributed by atoms with Crippen molar-refractivity contribution in [1.82, 2.24) is 15.0 Å². The number of nitrogens with two attached hydrogens (primary N) is 3. The summed E-state index contributed by atoms with van der Waals surface area (Å²) in [6.07, 6.45) is 4.06. The van der Waals surface area contributed by atoms with Crippen LogP contribution in [0.15, 0.2) is 46.5 Å². The number of hydrogen-bond acceptors (Lipinski definition) is 9. The summed E-state index contributed by atoms with van der Waals surface area (Å²) in [5, 5.41) is 0.496. The summed E-state index contributed by atoms with van der Waals surface area (Å²) in [6.45, 7) is 0.0415. The summed E-state index contributed by atoms with van der Waals surface area (Å²) >= 11 is 7.34. The van der Waals surface area contributed by atoms with Crippen LogP contribution in [-0.2, 0) is 6.42 Å². The second-order valence-corrected chi connectivity index (χ2v) is 10.4. The Morgan fingerprint density at radius 1 is 1.17 bits per heavy atom. The standard InChI is InChI=1S/C24H25ClFN7OS/c25-17-16(5-8-30-20(17)28)35-23-21(29)32-22(18(31-23)15(34)12-26)33-9-6-24(7-10-33)11-13-3-1-2-4-14(13)19(24)27/h1-5,8,19H,6-7,9-12,27H2,(H2,28,30)(H2,29,32)/t19-/m1/s1. The molecular formula is C24H25ClFN7OS. The van der Waals surface area contributed by atoms with Gasteiger partial charge in [-0.2, -0.15) is 0 Å². The fourth-order valence-corrected chi connectivity index (χ4v) is 6.11. The highest BCUT2D eigenvalue weighted by Gasteiger charge is 2.46. The Bertz CT molecular complexity index is 1300. The number of piperidine rings is 1. The molecule has 3 heterocycles. The smallest absolute Gasteiger partial charge is 0.215 e. The Labute approximate surface area is 211 Å². The summed E-state index contributed by atoms with van der Waals surface area (Å²) in [6, 6.07) is 9.92. The largest absolute Gasteiger partial charge is 0.382 e. The third-order valence-corrected chi connectivity index (χ3v) is 8.56. The zero-order valence-corrected chi connectivity index (χ0v) is 20.4. The molecule has 1 aliphatic carbocycles. The molecule has 1 spiro atoms. The van der Waals surface area contributed by atoms with E-state index < -0.39 is 12.5 Å². The number of rotatable bonds is 5. The average molecular weight is 514 g/mol. The van der Waals surface area contributed by atoms with Crippen LogP contribution in [0.1, 0.15) is 40.5 Å². The van der Waals surface area contributed by atoms with Gasteiger partial charge in [0.1, 0.15) is 10.8 Å². The minimum Gasteiger partial charge on any atom is -0.382 e. The molecule has 8 nitrogen and oxygen atoms in total. The molecule has 1 atom stereocenters. The molecule has 182 valence electrons. The molecular weight excluding hydrogens is 489 g/mol. The molecule has 3 aromatic rings. The van der Waals surface area contributed by atoms with Gasteiger partial charge in [-0.3, -0.25) is 4.79 Å². The van der Waals surface area contributed by atoms with Gasteiger partial charge in [0.25, 0.3) is 0 Å². The number of Topliss-reactive ketones (excluding diaryl/α,β-unsaturated/α-hetero) is 1. The van der Waals surface area contributed by atoms with Crippen LogP contribution in [0.4, 0.5) is 21.8 Å². The average Bonchev–Trinajstić information content (AvgIpc) is 3.14. The maximum atomic E-state index is 13.5. The first-order chi connectivity index (χ1) is 16.8. The van der Waals surface area contributed by atoms with Crippen molar-refractivity contribution in [3.63, 3.8) is 0 Å². The maximum absolute atomic E-state index is 13.5. The van der Waals surface area contributed by atoms with E-state index in [9.17, 15) is 9.18 Å². The number of carbonyl (C=O) groups is 1. The van der Waals surface area contributed by atoms with Crippen molar-refractivity contribution in [1.29, 1.82) is 0 Å². The highest BCUT2D eigenvalue weighted by Crippen LogP contribution is 2.51. The van der Waals surface area contributed by atoms with Crippen molar-refractivity contribution >= 4 is 46.6 Å². The lowest BCUT2D eigenvalue weighted by Gasteiger charge is -2.42. The molecule has 11 heteroatoms. The number of ketones is 1. The van der Waals surface area contributed by atoms with Gasteiger partial charge in [0.15, 0.2) is 24.0 Å². The fourth-order valence-electron chi connectivity index (χ4n) is 5.06. The van der Waals surface area contributed by atoms with Gasteiger partial charge in [0, 0.05) is 30.2 Å². The Balaban J connectivity index is 1.42. The quantitative estimate of drug-likeness (QED) is 0.434. The number of nitrogens with zero attached hydrogens (tertiary/aromatic N) is 4. The van der Waals surface area contributed by atoms with E-state index in [0.717, 1.165) is 31.0 Å². The first-order valence-corrected chi connectivity index (χ1v) is 12.5. The number of hydrogen-bond donors (Lipinski definition) is 3. The van der Waals surface area contributed by atoms with Gasteiger partial charge < -0.3 is 22.1 Å².